The van der Waals surface area contributed by atoms with Gasteiger partial charge in [0.1, 0.15) is 0 Å². The molecule has 0 bridgehead atoms. The first-order valence-corrected chi connectivity index (χ1v) is 8.54. The van der Waals surface area contributed by atoms with Crippen LogP contribution in [0.4, 0.5) is 0 Å². The van der Waals surface area contributed by atoms with Gasteiger partial charge in [0.25, 0.3) is 0 Å². The van der Waals surface area contributed by atoms with E-state index in [-0.39, 0.29) is 0 Å². The first kappa shape index (κ1) is 15.5. The number of carbonyl (C=O) groups is 1. The summed E-state index contributed by atoms with van der Waals surface area (Å²) in [5, 5.41) is 0. The second-order valence-corrected chi connectivity index (χ2v) is 7.14. The summed E-state index contributed by atoms with van der Waals surface area (Å²) in [6.45, 7) is 8.23. The van der Waals surface area contributed by atoms with Crippen LogP contribution in [0.5, 0.6) is 0 Å². The van der Waals surface area contributed by atoms with Crippen LogP contribution < -0.4 is 0 Å². The Hall–Kier alpha value is -1.42. The molecule has 0 spiro atoms. The Bertz CT molecular complexity index is 498. The van der Waals surface area contributed by atoms with Crippen LogP contribution in [0, 0.1) is 11.8 Å². The second-order valence-electron chi connectivity index (χ2n) is 7.14. The third-order valence-corrected chi connectivity index (χ3v) is 4.88. The van der Waals surface area contributed by atoms with Gasteiger partial charge in [-0.15, -0.1) is 0 Å². The van der Waals surface area contributed by atoms with Gasteiger partial charge in [-0.2, -0.15) is 0 Å². The summed E-state index contributed by atoms with van der Waals surface area (Å²) >= 11 is 0. The average molecular weight is 301 g/mol. The predicted molar refractivity (Wildman–Crippen MR) is 87.2 cm³/mol. The van der Waals surface area contributed by atoms with Gasteiger partial charge < -0.3 is 4.90 Å². The van der Waals surface area contributed by atoms with Crippen molar-refractivity contribution in [3.8, 4) is 0 Å². The number of rotatable bonds is 5. The molecule has 3 rings (SSSR count). The van der Waals surface area contributed by atoms with E-state index in [9.17, 15) is 4.79 Å². The molecular formula is C18H27N3O. The van der Waals surface area contributed by atoms with Crippen molar-refractivity contribution in [2.45, 2.75) is 45.7 Å². The topological polar surface area (TPSA) is 36.4 Å². The van der Waals surface area contributed by atoms with E-state index in [0.29, 0.717) is 24.3 Å². The number of pyridine rings is 1. The molecule has 2 aliphatic rings. The van der Waals surface area contributed by atoms with Gasteiger partial charge in [-0.25, -0.2) is 0 Å². The molecule has 2 heterocycles. The fourth-order valence-corrected chi connectivity index (χ4v) is 3.31. The van der Waals surface area contributed by atoms with Crippen molar-refractivity contribution in [3.63, 3.8) is 0 Å². The fraction of sp³-hybridized carbons (Fsp3) is 0.667. The van der Waals surface area contributed by atoms with E-state index >= 15 is 0 Å². The van der Waals surface area contributed by atoms with Gasteiger partial charge in [-0.05, 0) is 42.4 Å². The van der Waals surface area contributed by atoms with Crippen molar-refractivity contribution in [1.82, 2.24) is 14.8 Å². The van der Waals surface area contributed by atoms with Crippen LogP contribution in [0.25, 0.3) is 0 Å². The largest absolute Gasteiger partial charge is 0.338 e. The van der Waals surface area contributed by atoms with E-state index in [4.69, 9.17) is 0 Å². The molecule has 0 unspecified atom stereocenters. The van der Waals surface area contributed by atoms with Crippen LogP contribution in [0.2, 0.25) is 0 Å². The quantitative estimate of drug-likeness (QED) is 0.838. The SMILES string of the molecule is CC(C)[C@@H]1CN(Cc2ccncc2)CCC(=O)N1CC1CC1. The number of nitrogens with zero attached hydrogens (tertiary/aromatic N) is 3. The molecule has 1 aromatic heterocycles. The number of hydrogen-bond acceptors (Lipinski definition) is 3. The monoisotopic (exact) mass is 301 g/mol. The first-order chi connectivity index (χ1) is 10.6. The summed E-state index contributed by atoms with van der Waals surface area (Å²) in [5.41, 5.74) is 1.28. The van der Waals surface area contributed by atoms with Gasteiger partial charge in [0, 0.05) is 51.0 Å². The highest BCUT2D eigenvalue weighted by Gasteiger charge is 2.35. The molecule has 1 saturated heterocycles. The predicted octanol–water partition coefficient (Wildman–Crippen LogP) is 2.55. The van der Waals surface area contributed by atoms with Gasteiger partial charge in [0.2, 0.25) is 5.91 Å². The van der Waals surface area contributed by atoms with Crippen LogP contribution in [0.1, 0.15) is 38.7 Å². The van der Waals surface area contributed by atoms with Gasteiger partial charge >= 0.3 is 0 Å². The number of hydrogen-bond donors (Lipinski definition) is 0. The normalized spacial score (nSPS) is 23.9. The molecule has 1 aliphatic carbocycles. The third-order valence-electron chi connectivity index (χ3n) is 4.88. The maximum atomic E-state index is 12.6. The highest BCUT2D eigenvalue weighted by Crippen LogP contribution is 2.32. The highest BCUT2D eigenvalue weighted by atomic mass is 16.2. The Kier molecular flexibility index (Phi) is 4.77. The van der Waals surface area contributed by atoms with Crippen molar-refractivity contribution in [2.75, 3.05) is 19.6 Å². The van der Waals surface area contributed by atoms with Crippen LogP contribution >= 0.6 is 0 Å². The van der Waals surface area contributed by atoms with Gasteiger partial charge in [-0.3, -0.25) is 14.7 Å². The van der Waals surface area contributed by atoms with E-state index in [2.05, 4.69) is 40.8 Å². The second kappa shape index (κ2) is 6.78. The molecule has 22 heavy (non-hydrogen) atoms. The van der Waals surface area contributed by atoms with E-state index in [1.165, 1.54) is 18.4 Å². The van der Waals surface area contributed by atoms with Crippen molar-refractivity contribution in [2.24, 2.45) is 11.8 Å². The molecule has 2 fully saturated rings. The highest BCUT2D eigenvalue weighted by molar-refractivity contribution is 5.77. The van der Waals surface area contributed by atoms with Crippen molar-refractivity contribution in [3.05, 3.63) is 30.1 Å². The molecular weight excluding hydrogens is 274 g/mol. The van der Waals surface area contributed by atoms with Crippen molar-refractivity contribution < 1.29 is 4.79 Å². The number of aromatic nitrogens is 1. The van der Waals surface area contributed by atoms with Crippen LogP contribution in [-0.4, -0.2) is 46.4 Å². The standard InChI is InChI=1S/C18H27N3O/c1-14(2)17-13-20(11-16-5-8-19-9-6-16)10-7-18(22)21(17)12-15-3-4-15/h5-6,8-9,14-15,17H,3-4,7,10-13H2,1-2H3/t17-/m0/s1. The lowest BCUT2D eigenvalue weighted by atomic mass is 10.0. The summed E-state index contributed by atoms with van der Waals surface area (Å²) in [7, 11) is 0. The molecule has 1 amide bonds. The molecule has 1 aromatic rings. The molecule has 120 valence electrons. The maximum absolute atomic E-state index is 12.6. The Labute approximate surface area is 133 Å². The van der Waals surface area contributed by atoms with Gasteiger partial charge in [-0.1, -0.05) is 13.8 Å². The summed E-state index contributed by atoms with van der Waals surface area (Å²) < 4.78 is 0. The fourth-order valence-electron chi connectivity index (χ4n) is 3.31. The molecule has 4 heteroatoms. The zero-order valence-electron chi connectivity index (χ0n) is 13.7. The molecule has 4 nitrogen and oxygen atoms in total. The van der Waals surface area contributed by atoms with Crippen molar-refractivity contribution >= 4 is 5.91 Å². The van der Waals surface area contributed by atoms with Crippen molar-refractivity contribution in [1.29, 1.82) is 0 Å². The summed E-state index contributed by atoms with van der Waals surface area (Å²) in [6.07, 6.45) is 6.95. The average Bonchev–Trinajstić information content (AvgIpc) is 3.33. The molecule has 1 aliphatic heterocycles. The van der Waals surface area contributed by atoms with Gasteiger partial charge in [0.15, 0.2) is 0 Å². The zero-order valence-corrected chi connectivity index (χ0v) is 13.7. The molecule has 1 atom stereocenters. The number of carbonyl (C=O) groups excluding carboxylic acids is 1. The summed E-state index contributed by atoms with van der Waals surface area (Å²) in [4.78, 5) is 21.3. The van der Waals surface area contributed by atoms with E-state index < -0.39 is 0 Å². The smallest absolute Gasteiger partial charge is 0.224 e. The van der Waals surface area contributed by atoms with E-state index in [1.807, 2.05) is 12.4 Å². The Morgan fingerprint density at radius 1 is 1.27 bits per heavy atom. The van der Waals surface area contributed by atoms with Crippen LogP contribution in [0.3, 0.4) is 0 Å². The Balaban J connectivity index is 1.70. The van der Waals surface area contributed by atoms with E-state index in [1.54, 1.807) is 0 Å². The lowest BCUT2D eigenvalue weighted by Crippen LogP contribution is -2.47. The first-order valence-electron chi connectivity index (χ1n) is 8.54. The molecule has 1 saturated carbocycles. The Morgan fingerprint density at radius 3 is 2.64 bits per heavy atom. The van der Waals surface area contributed by atoms with Crippen LogP contribution in [-0.2, 0) is 11.3 Å². The lowest BCUT2D eigenvalue weighted by molar-refractivity contribution is -0.133. The summed E-state index contributed by atoms with van der Waals surface area (Å²) in [6, 6.07) is 4.48. The van der Waals surface area contributed by atoms with Crippen LogP contribution in [0.15, 0.2) is 24.5 Å². The minimum absolute atomic E-state index is 0.345. The zero-order chi connectivity index (χ0) is 15.5. The minimum Gasteiger partial charge on any atom is -0.338 e. The minimum atomic E-state index is 0.345. The third kappa shape index (κ3) is 3.86. The van der Waals surface area contributed by atoms with Gasteiger partial charge in [0.05, 0.1) is 0 Å². The Morgan fingerprint density at radius 2 is 2.00 bits per heavy atom. The summed E-state index contributed by atoms with van der Waals surface area (Å²) in [5.74, 6) is 1.61. The molecule has 0 N–H and O–H groups in total. The maximum Gasteiger partial charge on any atom is 0.224 e. The van der Waals surface area contributed by atoms with E-state index in [0.717, 1.165) is 32.1 Å². The number of amides is 1. The molecule has 0 aromatic carbocycles. The lowest BCUT2D eigenvalue weighted by Gasteiger charge is -2.35. The molecule has 0 radical (unpaired) electrons.